The highest BCUT2D eigenvalue weighted by atomic mass is 19.4. The van der Waals surface area contributed by atoms with Crippen molar-refractivity contribution in [2.45, 2.75) is 37.9 Å². The van der Waals surface area contributed by atoms with E-state index in [2.05, 4.69) is 15.7 Å². The van der Waals surface area contributed by atoms with Crippen molar-refractivity contribution in [1.82, 2.24) is 4.90 Å². The number of aliphatic hydroxyl groups is 1. The number of nitrogens with zero attached hydrogens (tertiary/aromatic N) is 2. The molecule has 3 aromatic rings. The predicted octanol–water partition coefficient (Wildman–Crippen LogP) is 5.23. The minimum Gasteiger partial charge on any atom is -0.489 e. The highest BCUT2D eigenvalue weighted by Gasteiger charge is 2.32. The summed E-state index contributed by atoms with van der Waals surface area (Å²) in [6, 6.07) is 19.3. The summed E-state index contributed by atoms with van der Waals surface area (Å²) in [5.41, 5.74) is 2.71. The summed E-state index contributed by atoms with van der Waals surface area (Å²) in [5, 5.41) is 29.3. The van der Waals surface area contributed by atoms with Gasteiger partial charge in [-0.15, -0.1) is 13.2 Å². The number of rotatable bonds is 11. The van der Waals surface area contributed by atoms with E-state index in [1.165, 1.54) is 24.3 Å². The van der Waals surface area contributed by atoms with E-state index in [0.29, 0.717) is 17.9 Å². The highest BCUT2D eigenvalue weighted by molar-refractivity contribution is 5.88. The molecule has 198 valence electrons. The molecule has 1 aliphatic carbocycles. The lowest BCUT2D eigenvalue weighted by atomic mass is 10.0. The first kappa shape index (κ1) is 27.0. The van der Waals surface area contributed by atoms with Gasteiger partial charge in [0.2, 0.25) is 0 Å². The fourth-order valence-corrected chi connectivity index (χ4v) is 4.04. The zero-order valence-corrected chi connectivity index (χ0v) is 20.2. The number of carboxylic acids is 1. The van der Waals surface area contributed by atoms with Crippen molar-refractivity contribution in [3.8, 4) is 28.7 Å². The molecule has 7 nitrogen and oxygen atoms in total. The first-order chi connectivity index (χ1) is 18.1. The van der Waals surface area contributed by atoms with E-state index in [1.807, 2.05) is 0 Å². The van der Waals surface area contributed by atoms with Gasteiger partial charge in [-0.05, 0) is 65.9 Å². The number of carboxylic acid groups (broad SMARTS) is 1. The first-order valence-electron chi connectivity index (χ1n) is 11.9. The summed E-state index contributed by atoms with van der Waals surface area (Å²) >= 11 is 0. The van der Waals surface area contributed by atoms with Crippen LogP contribution < -0.4 is 9.47 Å². The zero-order chi connectivity index (χ0) is 27.3. The van der Waals surface area contributed by atoms with Crippen LogP contribution in [0.5, 0.6) is 11.5 Å². The Balaban J connectivity index is 1.38. The van der Waals surface area contributed by atoms with Crippen molar-refractivity contribution in [2.75, 3.05) is 13.2 Å². The summed E-state index contributed by atoms with van der Waals surface area (Å²) in [6.45, 7) is 0.653. The maximum Gasteiger partial charge on any atom is 0.573 e. The van der Waals surface area contributed by atoms with Crippen molar-refractivity contribution in [3.63, 3.8) is 0 Å². The number of halogens is 3. The molecular formula is C28H25F3N2O5. The molecule has 1 saturated carbocycles. The Morgan fingerprint density at radius 3 is 2.29 bits per heavy atom. The van der Waals surface area contributed by atoms with Gasteiger partial charge in [0.25, 0.3) is 0 Å². The lowest BCUT2D eigenvalue weighted by Gasteiger charge is -2.25. The lowest BCUT2D eigenvalue weighted by Crippen LogP contribution is -2.36. The summed E-state index contributed by atoms with van der Waals surface area (Å²) in [7, 11) is 0. The molecule has 0 radical (unpaired) electrons. The van der Waals surface area contributed by atoms with E-state index >= 15 is 0 Å². The van der Waals surface area contributed by atoms with Crippen molar-refractivity contribution >= 4 is 5.97 Å². The molecule has 0 saturated heterocycles. The quantitative estimate of drug-likeness (QED) is 0.353. The summed E-state index contributed by atoms with van der Waals surface area (Å²) in [5.74, 6) is -1.02. The van der Waals surface area contributed by atoms with Crippen LogP contribution in [-0.4, -0.2) is 52.7 Å². The third-order valence-corrected chi connectivity index (χ3v) is 6.05. The van der Waals surface area contributed by atoms with E-state index in [4.69, 9.17) is 9.84 Å². The summed E-state index contributed by atoms with van der Waals surface area (Å²) in [4.78, 5) is 13.1. The second-order valence-electron chi connectivity index (χ2n) is 9.02. The average Bonchev–Trinajstić information content (AvgIpc) is 3.73. The molecule has 0 amide bonds. The van der Waals surface area contributed by atoms with Gasteiger partial charge >= 0.3 is 12.3 Å². The normalized spacial score (nSPS) is 14.1. The standard InChI is InChI=1S/C28H25F3N2O5/c29-28(30,31)38-25-11-1-18(2-12-25)15-33(23-9-10-23)16-24(34)17-37-26-13-21(7-8-22(26)14-32)19-3-5-20(6-4-19)27(35)36/h1-8,11-13,23-24,34H,9-10,15-17H2,(H,35,36)/t24-/m0/s1. The lowest BCUT2D eigenvalue weighted by molar-refractivity contribution is -0.274. The smallest absolute Gasteiger partial charge is 0.489 e. The second-order valence-corrected chi connectivity index (χ2v) is 9.02. The largest absolute Gasteiger partial charge is 0.573 e. The van der Waals surface area contributed by atoms with Gasteiger partial charge in [-0.3, -0.25) is 4.90 Å². The maximum absolute atomic E-state index is 12.4. The fraction of sp³-hybridized carbons (Fsp3) is 0.286. The topological polar surface area (TPSA) is 103 Å². The predicted molar refractivity (Wildman–Crippen MR) is 132 cm³/mol. The molecule has 0 heterocycles. The molecule has 1 aliphatic rings. The molecule has 1 fully saturated rings. The number of aromatic carboxylic acids is 1. The highest BCUT2D eigenvalue weighted by Crippen LogP contribution is 2.30. The van der Waals surface area contributed by atoms with Gasteiger partial charge in [-0.2, -0.15) is 5.26 Å². The number of alkyl halides is 3. The fourth-order valence-electron chi connectivity index (χ4n) is 4.04. The van der Waals surface area contributed by atoms with Crippen LogP contribution in [-0.2, 0) is 6.54 Å². The van der Waals surface area contributed by atoms with Gasteiger partial charge in [-0.1, -0.05) is 30.3 Å². The van der Waals surface area contributed by atoms with E-state index in [-0.39, 0.29) is 30.5 Å². The van der Waals surface area contributed by atoms with E-state index < -0.39 is 18.4 Å². The first-order valence-corrected chi connectivity index (χ1v) is 11.9. The monoisotopic (exact) mass is 526 g/mol. The van der Waals surface area contributed by atoms with Gasteiger partial charge in [0.05, 0.1) is 11.1 Å². The molecule has 38 heavy (non-hydrogen) atoms. The number of hydrogen-bond donors (Lipinski definition) is 2. The Bertz CT molecular complexity index is 1300. The maximum atomic E-state index is 12.4. The minimum atomic E-state index is -4.75. The van der Waals surface area contributed by atoms with Crippen LogP contribution >= 0.6 is 0 Å². The Kier molecular flexibility index (Phi) is 8.20. The van der Waals surface area contributed by atoms with Crippen molar-refractivity contribution in [1.29, 1.82) is 5.26 Å². The van der Waals surface area contributed by atoms with Crippen LogP contribution in [0.2, 0.25) is 0 Å². The van der Waals surface area contributed by atoms with Gasteiger partial charge in [0.1, 0.15) is 30.3 Å². The molecule has 0 spiro atoms. The van der Waals surface area contributed by atoms with Crippen LogP contribution in [0.15, 0.2) is 66.7 Å². The third-order valence-electron chi connectivity index (χ3n) is 6.05. The Labute approximate surface area is 217 Å². The molecule has 0 unspecified atom stereocenters. The van der Waals surface area contributed by atoms with E-state index in [9.17, 15) is 28.3 Å². The number of aliphatic hydroxyl groups excluding tert-OH is 1. The molecule has 0 aliphatic heterocycles. The number of benzene rings is 3. The Hall–Kier alpha value is -4.07. The van der Waals surface area contributed by atoms with Gasteiger partial charge in [0, 0.05) is 19.1 Å². The zero-order valence-electron chi connectivity index (χ0n) is 20.2. The molecule has 0 aromatic heterocycles. The van der Waals surface area contributed by atoms with E-state index in [1.54, 1.807) is 42.5 Å². The van der Waals surface area contributed by atoms with Crippen LogP contribution in [0.3, 0.4) is 0 Å². The van der Waals surface area contributed by atoms with Crippen LogP contribution in [0.4, 0.5) is 13.2 Å². The second kappa shape index (κ2) is 11.5. The molecule has 1 atom stereocenters. The summed E-state index contributed by atoms with van der Waals surface area (Å²) < 4.78 is 46.9. The third kappa shape index (κ3) is 7.47. The van der Waals surface area contributed by atoms with E-state index in [0.717, 1.165) is 29.5 Å². The SMILES string of the molecule is N#Cc1ccc(-c2ccc(C(=O)O)cc2)cc1OC[C@@H](O)CN(Cc1ccc(OC(F)(F)F)cc1)C1CC1. The number of ether oxygens (including phenoxy) is 2. The van der Waals surface area contributed by atoms with Gasteiger partial charge in [-0.25, -0.2) is 4.79 Å². The average molecular weight is 527 g/mol. The number of nitriles is 1. The van der Waals surface area contributed by atoms with Crippen LogP contribution in [0, 0.1) is 11.3 Å². The minimum absolute atomic E-state index is 0.0718. The van der Waals surface area contributed by atoms with Crippen molar-refractivity contribution < 1.29 is 37.7 Å². The number of hydrogen-bond acceptors (Lipinski definition) is 6. The van der Waals surface area contributed by atoms with Crippen molar-refractivity contribution in [3.05, 3.63) is 83.4 Å². The van der Waals surface area contributed by atoms with Crippen LogP contribution in [0.25, 0.3) is 11.1 Å². The van der Waals surface area contributed by atoms with Gasteiger partial charge in [0.15, 0.2) is 0 Å². The molecule has 10 heteroatoms. The molecular weight excluding hydrogens is 501 g/mol. The Morgan fingerprint density at radius 1 is 1.05 bits per heavy atom. The van der Waals surface area contributed by atoms with Gasteiger partial charge < -0.3 is 19.7 Å². The van der Waals surface area contributed by atoms with Crippen LogP contribution in [0.1, 0.15) is 34.3 Å². The molecule has 2 N–H and O–H groups in total. The summed E-state index contributed by atoms with van der Waals surface area (Å²) in [6.07, 6.45) is -3.70. The molecule has 4 rings (SSSR count). The molecule has 3 aromatic carbocycles. The van der Waals surface area contributed by atoms with Crippen molar-refractivity contribution in [2.24, 2.45) is 0 Å². The Morgan fingerprint density at radius 2 is 1.71 bits per heavy atom. The number of carbonyl (C=O) groups is 1. The molecule has 0 bridgehead atoms.